The van der Waals surface area contributed by atoms with Crippen LogP contribution in [-0.2, 0) is 10.9 Å². The molecule has 0 saturated heterocycles. The van der Waals surface area contributed by atoms with Crippen molar-refractivity contribution in [1.29, 1.82) is 0 Å². The second-order valence-electron chi connectivity index (χ2n) is 1.30. The minimum Gasteiger partial charge on any atom is -0.244 e. The van der Waals surface area contributed by atoms with Crippen molar-refractivity contribution in [2.75, 3.05) is 6.54 Å². The van der Waals surface area contributed by atoms with Crippen LogP contribution in [0.5, 0.6) is 0 Å². The normalized spacial score (nSPS) is 10.2. The SMILES string of the molecule is CCCNN[SH](=O)=O. The van der Waals surface area contributed by atoms with Gasteiger partial charge in [0.15, 0.2) is 0 Å². The summed E-state index contributed by atoms with van der Waals surface area (Å²) in [6.45, 7) is 2.62. The quantitative estimate of drug-likeness (QED) is 0.266. The molecule has 8 heavy (non-hydrogen) atoms. The first-order valence-electron chi connectivity index (χ1n) is 2.40. The molecule has 4 nitrogen and oxygen atoms in total. The van der Waals surface area contributed by atoms with Gasteiger partial charge in [-0.25, -0.2) is 13.8 Å². The van der Waals surface area contributed by atoms with Gasteiger partial charge in [-0.1, -0.05) is 6.92 Å². The van der Waals surface area contributed by atoms with Gasteiger partial charge in [0.05, 0.1) is 0 Å². The highest BCUT2D eigenvalue weighted by atomic mass is 32.2. The number of hydrogen-bond acceptors (Lipinski definition) is 3. The lowest BCUT2D eigenvalue weighted by Gasteiger charge is -1.94. The van der Waals surface area contributed by atoms with E-state index in [0.717, 1.165) is 6.42 Å². The van der Waals surface area contributed by atoms with Crippen LogP contribution in [0.2, 0.25) is 0 Å². The Kier molecular flexibility index (Phi) is 4.93. The Bertz CT molecular complexity index is 104. The molecule has 0 spiro atoms. The highest BCUT2D eigenvalue weighted by molar-refractivity contribution is 7.70. The molecule has 0 aromatic carbocycles. The largest absolute Gasteiger partial charge is 0.244 e. The fourth-order valence-corrected chi connectivity index (χ4v) is 0.486. The standard InChI is InChI=1S/C3H10N2O2S/c1-2-3-4-5-8(6)7/h4,8H,2-3H2,1H3,(H,5,6,7). The molecule has 0 heterocycles. The average Bonchev–Trinajstić information content (AvgIpc) is 1.66. The van der Waals surface area contributed by atoms with E-state index in [4.69, 9.17) is 0 Å². The van der Waals surface area contributed by atoms with Crippen molar-refractivity contribution >= 4 is 10.9 Å². The van der Waals surface area contributed by atoms with Gasteiger partial charge in [-0.2, -0.15) is 4.83 Å². The summed E-state index contributed by atoms with van der Waals surface area (Å²) >= 11 is 0. The Labute approximate surface area is 50.3 Å². The summed E-state index contributed by atoms with van der Waals surface area (Å²) in [6.07, 6.45) is 0.913. The zero-order valence-electron chi connectivity index (χ0n) is 4.68. The molecular weight excluding hydrogens is 128 g/mol. The number of rotatable bonds is 4. The summed E-state index contributed by atoms with van der Waals surface area (Å²) in [5, 5.41) is 0. The summed E-state index contributed by atoms with van der Waals surface area (Å²) in [5.41, 5.74) is 2.49. The Morgan fingerprint density at radius 3 is 2.50 bits per heavy atom. The number of nitrogens with one attached hydrogen (secondary N) is 2. The van der Waals surface area contributed by atoms with Crippen LogP contribution in [0.1, 0.15) is 13.3 Å². The summed E-state index contributed by atoms with van der Waals surface area (Å²) in [5.74, 6) is 0. The zero-order valence-corrected chi connectivity index (χ0v) is 5.57. The summed E-state index contributed by atoms with van der Waals surface area (Å²) in [6, 6.07) is 0. The first-order valence-corrected chi connectivity index (χ1v) is 3.58. The van der Waals surface area contributed by atoms with Crippen molar-refractivity contribution in [3.05, 3.63) is 0 Å². The van der Waals surface area contributed by atoms with Crippen LogP contribution in [0, 0.1) is 0 Å². The molecule has 0 fully saturated rings. The molecule has 2 N–H and O–H groups in total. The molecule has 0 unspecified atom stereocenters. The van der Waals surface area contributed by atoms with E-state index >= 15 is 0 Å². The first-order chi connectivity index (χ1) is 3.77. The number of thiol groups is 1. The maximum atomic E-state index is 9.74. The van der Waals surface area contributed by atoms with Crippen molar-refractivity contribution in [2.24, 2.45) is 0 Å². The third kappa shape index (κ3) is 5.87. The van der Waals surface area contributed by atoms with Gasteiger partial charge >= 0.3 is 0 Å². The molecule has 5 heteroatoms. The van der Waals surface area contributed by atoms with Crippen LogP contribution in [0.3, 0.4) is 0 Å². The van der Waals surface area contributed by atoms with Gasteiger partial charge in [-0.15, -0.1) is 0 Å². The lowest BCUT2D eigenvalue weighted by molar-refractivity contribution is 0.573. The molecule has 50 valence electrons. The molecule has 0 amide bonds. The highest BCUT2D eigenvalue weighted by Crippen LogP contribution is 1.63. The van der Waals surface area contributed by atoms with Crippen molar-refractivity contribution in [3.8, 4) is 0 Å². The van der Waals surface area contributed by atoms with Gasteiger partial charge in [-0.05, 0) is 6.42 Å². The van der Waals surface area contributed by atoms with E-state index in [2.05, 4.69) is 10.3 Å². The van der Waals surface area contributed by atoms with E-state index in [0.29, 0.717) is 6.54 Å². The molecule has 0 bridgehead atoms. The van der Waals surface area contributed by atoms with Gasteiger partial charge in [0, 0.05) is 6.54 Å². The molecule has 0 radical (unpaired) electrons. The second kappa shape index (κ2) is 5.02. The first kappa shape index (κ1) is 7.87. The van der Waals surface area contributed by atoms with Crippen molar-refractivity contribution in [1.82, 2.24) is 10.3 Å². The maximum Gasteiger partial charge on any atom is 0.214 e. The lowest BCUT2D eigenvalue weighted by Crippen LogP contribution is -2.30. The number of hydrogen-bond donors (Lipinski definition) is 3. The van der Waals surface area contributed by atoms with E-state index in [1.54, 1.807) is 0 Å². The fourth-order valence-electron chi connectivity index (χ4n) is 0.245. The molecule has 0 atom stereocenters. The molecule has 0 aromatic rings. The van der Waals surface area contributed by atoms with E-state index in [9.17, 15) is 8.42 Å². The van der Waals surface area contributed by atoms with Gasteiger partial charge in [0.2, 0.25) is 10.9 Å². The minimum atomic E-state index is -2.47. The predicted octanol–water partition coefficient (Wildman–Crippen LogP) is -0.983. The van der Waals surface area contributed by atoms with Gasteiger partial charge in [0.1, 0.15) is 0 Å². The zero-order chi connectivity index (χ0) is 6.41. The summed E-state index contributed by atoms with van der Waals surface area (Å²) < 4.78 is 19.5. The van der Waals surface area contributed by atoms with E-state index in [1.807, 2.05) is 6.92 Å². The van der Waals surface area contributed by atoms with Gasteiger partial charge in [0.25, 0.3) is 0 Å². The smallest absolute Gasteiger partial charge is 0.214 e. The maximum absolute atomic E-state index is 9.74. The molecule has 0 aliphatic rings. The summed E-state index contributed by atoms with van der Waals surface area (Å²) in [4.78, 5) is 2.05. The molecule has 0 aliphatic carbocycles. The van der Waals surface area contributed by atoms with Crippen LogP contribution < -0.4 is 10.3 Å². The fraction of sp³-hybridized carbons (Fsp3) is 1.00. The molecule has 0 rings (SSSR count). The summed E-state index contributed by atoms with van der Waals surface area (Å²) in [7, 11) is -2.47. The predicted molar refractivity (Wildman–Crippen MR) is 31.7 cm³/mol. The van der Waals surface area contributed by atoms with Crippen LogP contribution in [-0.4, -0.2) is 15.0 Å². The lowest BCUT2D eigenvalue weighted by atomic mass is 10.5. The highest BCUT2D eigenvalue weighted by Gasteiger charge is 1.78. The minimum absolute atomic E-state index is 0.670. The van der Waals surface area contributed by atoms with Crippen molar-refractivity contribution in [2.45, 2.75) is 13.3 Å². The van der Waals surface area contributed by atoms with Gasteiger partial charge < -0.3 is 0 Å². The van der Waals surface area contributed by atoms with E-state index < -0.39 is 10.9 Å². The Morgan fingerprint density at radius 1 is 1.50 bits per heavy atom. The average molecular weight is 138 g/mol. The topological polar surface area (TPSA) is 58.2 Å². The Hall–Kier alpha value is -0.130. The second-order valence-corrected chi connectivity index (χ2v) is 2.03. The van der Waals surface area contributed by atoms with Crippen molar-refractivity contribution in [3.63, 3.8) is 0 Å². The Balaban J connectivity index is 2.94. The van der Waals surface area contributed by atoms with Crippen LogP contribution in [0.4, 0.5) is 0 Å². The van der Waals surface area contributed by atoms with Crippen LogP contribution in [0.25, 0.3) is 0 Å². The van der Waals surface area contributed by atoms with E-state index in [-0.39, 0.29) is 0 Å². The van der Waals surface area contributed by atoms with E-state index in [1.165, 1.54) is 0 Å². The van der Waals surface area contributed by atoms with Crippen molar-refractivity contribution < 1.29 is 8.42 Å². The number of hydrazine groups is 1. The third-order valence-corrected chi connectivity index (χ3v) is 0.886. The monoisotopic (exact) mass is 138 g/mol. The Morgan fingerprint density at radius 2 is 2.12 bits per heavy atom. The molecule has 0 aliphatic heterocycles. The van der Waals surface area contributed by atoms with Crippen LogP contribution in [0.15, 0.2) is 0 Å². The molecule has 0 aromatic heterocycles. The van der Waals surface area contributed by atoms with Crippen LogP contribution >= 0.6 is 0 Å². The molecule has 0 saturated carbocycles. The third-order valence-electron chi connectivity index (χ3n) is 0.545. The van der Waals surface area contributed by atoms with Gasteiger partial charge in [-0.3, -0.25) is 0 Å². The molecular formula is C3H10N2O2S.